The molecule has 2 amide bonds. The minimum atomic E-state index is -4.66. The van der Waals surface area contributed by atoms with Crippen molar-refractivity contribution in [2.45, 2.75) is 19.0 Å². The Balaban J connectivity index is 1.79. The summed E-state index contributed by atoms with van der Waals surface area (Å²) in [5.74, 6) is -6.06. The van der Waals surface area contributed by atoms with Gasteiger partial charge in [0.1, 0.15) is 0 Å². The molecule has 0 aromatic carbocycles. The van der Waals surface area contributed by atoms with Gasteiger partial charge in [-0.1, -0.05) is 0 Å². The molecule has 0 spiro atoms. The maximum Gasteiger partial charge on any atom is 0.394 e. The number of nitrogens with one attached hydrogen (secondary N) is 1. The van der Waals surface area contributed by atoms with Gasteiger partial charge in [-0.25, -0.2) is 0 Å². The Morgan fingerprint density at radius 2 is 2.04 bits per heavy atom. The number of alkyl halides is 3. The minimum Gasteiger partial charge on any atom is -0.481 e. The van der Waals surface area contributed by atoms with Gasteiger partial charge >= 0.3 is 12.1 Å². The van der Waals surface area contributed by atoms with Crippen LogP contribution in [0.4, 0.5) is 13.2 Å². The van der Waals surface area contributed by atoms with E-state index in [1.165, 1.54) is 11.3 Å². The topological polar surface area (TPSA) is 86.7 Å². The lowest BCUT2D eigenvalue weighted by Gasteiger charge is -2.18. The summed E-state index contributed by atoms with van der Waals surface area (Å²) in [7, 11) is 0. The van der Waals surface area contributed by atoms with Crippen molar-refractivity contribution in [1.82, 2.24) is 10.2 Å². The van der Waals surface area contributed by atoms with Gasteiger partial charge in [-0.3, -0.25) is 14.4 Å². The molecular weight excluding hydrogens is 361 g/mol. The number of amides is 2. The van der Waals surface area contributed by atoms with Gasteiger partial charge in [0.25, 0.3) is 5.91 Å². The number of carboxylic acids is 1. The van der Waals surface area contributed by atoms with Crippen LogP contribution < -0.4 is 5.32 Å². The van der Waals surface area contributed by atoms with E-state index >= 15 is 0 Å². The average Bonchev–Trinajstić information content (AvgIpc) is 3.19. The number of halogens is 3. The first kappa shape index (κ1) is 19.2. The highest BCUT2D eigenvalue weighted by atomic mass is 32.1. The lowest BCUT2D eigenvalue weighted by atomic mass is 9.96. The summed E-state index contributed by atoms with van der Waals surface area (Å²) in [6, 6.07) is 1.65. The molecule has 0 bridgehead atoms. The van der Waals surface area contributed by atoms with Gasteiger partial charge in [0.2, 0.25) is 5.91 Å². The fourth-order valence-electron chi connectivity index (χ4n) is 2.68. The summed E-state index contributed by atoms with van der Waals surface area (Å²) >= 11 is 1.37. The van der Waals surface area contributed by atoms with Gasteiger partial charge < -0.3 is 15.3 Å². The molecule has 6 nitrogen and oxygen atoms in total. The molecule has 1 aromatic rings. The monoisotopic (exact) mass is 378 g/mol. The van der Waals surface area contributed by atoms with E-state index in [2.05, 4.69) is 5.32 Å². The van der Waals surface area contributed by atoms with Crippen molar-refractivity contribution >= 4 is 29.1 Å². The van der Waals surface area contributed by atoms with Crippen molar-refractivity contribution in [2.75, 3.05) is 19.6 Å². The fraction of sp³-hybridized carbons (Fsp3) is 0.533. The number of hydrogen-bond acceptors (Lipinski definition) is 4. The van der Waals surface area contributed by atoms with Gasteiger partial charge in [-0.2, -0.15) is 24.5 Å². The number of likely N-dealkylation sites (tertiary alicyclic amines) is 1. The number of hydrogen-bond donors (Lipinski definition) is 2. The van der Waals surface area contributed by atoms with Crippen LogP contribution in [0.3, 0.4) is 0 Å². The van der Waals surface area contributed by atoms with Crippen LogP contribution in [0.1, 0.15) is 23.2 Å². The molecule has 1 aromatic heterocycles. The number of carbonyl (C=O) groups is 3. The molecule has 1 saturated heterocycles. The molecule has 0 saturated carbocycles. The lowest BCUT2D eigenvalue weighted by Crippen LogP contribution is -2.34. The third kappa shape index (κ3) is 4.94. The molecule has 1 fully saturated rings. The van der Waals surface area contributed by atoms with E-state index in [-0.39, 0.29) is 25.3 Å². The van der Waals surface area contributed by atoms with Crippen LogP contribution >= 0.6 is 11.3 Å². The van der Waals surface area contributed by atoms with Gasteiger partial charge in [0.15, 0.2) is 0 Å². The van der Waals surface area contributed by atoms with E-state index in [1.54, 1.807) is 16.8 Å². The Hall–Kier alpha value is -2.10. The van der Waals surface area contributed by atoms with Crippen LogP contribution in [0.15, 0.2) is 16.8 Å². The Morgan fingerprint density at radius 1 is 1.32 bits per heavy atom. The number of carboxylic acid groups (broad SMARTS) is 1. The molecule has 25 heavy (non-hydrogen) atoms. The molecule has 138 valence electrons. The van der Waals surface area contributed by atoms with Gasteiger partial charge in [0.05, 0.1) is 11.8 Å². The first-order valence-corrected chi connectivity index (χ1v) is 8.52. The highest BCUT2D eigenvalue weighted by Crippen LogP contribution is 2.37. The molecule has 0 radical (unpaired) electrons. The Labute approximate surface area is 145 Å². The van der Waals surface area contributed by atoms with Crippen molar-refractivity contribution < 1.29 is 32.7 Å². The summed E-state index contributed by atoms with van der Waals surface area (Å²) in [5.41, 5.74) is 0.508. The van der Waals surface area contributed by atoms with E-state index in [0.717, 1.165) is 4.90 Å². The lowest BCUT2D eigenvalue weighted by molar-refractivity contribution is -0.188. The predicted molar refractivity (Wildman–Crippen MR) is 83.1 cm³/mol. The first-order chi connectivity index (χ1) is 11.7. The summed E-state index contributed by atoms with van der Waals surface area (Å²) in [6.07, 6.45) is -4.45. The highest BCUT2D eigenvalue weighted by Gasteiger charge is 2.53. The molecule has 0 unspecified atom stereocenters. The van der Waals surface area contributed by atoms with Crippen LogP contribution in [0.25, 0.3) is 0 Å². The molecule has 2 heterocycles. The van der Waals surface area contributed by atoms with Gasteiger partial charge in [-0.05, 0) is 17.9 Å². The van der Waals surface area contributed by atoms with Crippen molar-refractivity contribution in [3.8, 4) is 0 Å². The van der Waals surface area contributed by atoms with Gasteiger partial charge in [-0.15, -0.1) is 0 Å². The van der Waals surface area contributed by atoms with Crippen molar-refractivity contribution in [3.05, 3.63) is 22.4 Å². The third-order valence-electron chi connectivity index (χ3n) is 4.05. The standard InChI is InChI=1S/C15H17F3N2O4S/c16-15(17,18)11-7-20(6-10(11)14(23)24)12(21)2-1-4-19-13(22)9-3-5-25-8-9/h3,5,8,10-11H,1-2,4,6-7H2,(H,19,22)(H,23,24)/t10-,11-/m1/s1. The van der Waals surface area contributed by atoms with E-state index in [0.29, 0.717) is 5.56 Å². The summed E-state index contributed by atoms with van der Waals surface area (Å²) in [6.45, 7) is -0.876. The summed E-state index contributed by atoms with van der Waals surface area (Å²) < 4.78 is 38.7. The Bertz CT molecular complexity index is 633. The minimum absolute atomic E-state index is 0.0547. The first-order valence-electron chi connectivity index (χ1n) is 7.58. The normalized spacial score (nSPS) is 20.5. The van der Waals surface area contributed by atoms with Crippen LogP contribution in [-0.2, 0) is 9.59 Å². The second kappa shape index (κ2) is 7.85. The van der Waals surface area contributed by atoms with Crippen molar-refractivity contribution in [1.29, 1.82) is 0 Å². The number of carbonyl (C=O) groups excluding carboxylic acids is 2. The van der Waals surface area contributed by atoms with Crippen LogP contribution in [-0.4, -0.2) is 53.6 Å². The predicted octanol–water partition coefficient (Wildman–Crippen LogP) is 1.98. The SMILES string of the molecule is O=C(NCCCC(=O)N1C[C@@H](C(F)(F)F)[C@H](C(=O)O)C1)c1ccsc1. The van der Waals surface area contributed by atoms with Crippen LogP contribution in [0.2, 0.25) is 0 Å². The quantitative estimate of drug-likeness (QED) is 0.741. The molecule has 0 aliphatic carbocycles. The average molecular weight is 378 g/mol. The third-order valence-corrected chi connectivity index (χ3v) is 4.73. The van der Waals surface area contributed by atoms with Crippen molar-refractivity contribution in [2.24, 2.45) is 11.8 Å². The zero-order valence-electron chi connectivity index (χ0n) is 13.1. The molecule has 10 heteroatoms. The molecule has 1 aliphatic rings. The zero-order valence-corrected chi connectivity index (χ0v) is 13.9. The largest absolute Gasteiger partial charge is 0.481 e. The summed E-state index contributed by atoms with van der Waals surface area (Å²) in [5, 5.41) is 15.0. The maximum absolute atomic E-state index is 12.9. The molecule has 2 atom stereocenters. The zero-order chi connectivity index (χ0) is 18.6. The van der Waals surface area contributed by atoms with Gasteiger partial charge in [0, 0.05) is 37.0 Å². The van der Waals surface area contributed by atoms with E-state index in [9.17, 15) is 27.6 Å². The summed E-state index contributed by atoms with van der Waals surface area (Å²) in [4.78, 5) is 35.6. The number of nitrogens with zero attached hydrogens (tertiary/aromatic N) is 1. The second-order valence-corrected chi connectivity index (χ2v) is 6.54. The maximum atomic E-state index is 12.9. The fourth-order valence-corrected chi connectivity index (χ4v) is 3.32. The molecule has 2 N–H and O–H groups in total. The smallest absolute Gasteiger partial charge is 0.394 e. The van der Waals surface area contributed by atoms with E-state index in [1.807, 2.05) is 0 Å². The molecule has 1 aliphatic heterocycles. The number of rotatable bonds is 6. The molecular formula is C15H17F3N2O4S. The van der Waals surface area contributed by atoms with Crippen LogP contribution in [0.5, 0.6) is 0 Å². The second-order valence-electron chi connectivity index (χ2n) is 5.76. The molecule has 2 rings (SSSR count). The Morgan fingerprint density at radius 3 is 2.56 bits per heavy atom. The van der Waals surface area contributed by atoms with Crippen LogP contribution in [0, 0.1) is 11.8 Å². The Kier molecular flexibility index (Phi) is 6.04. The van der Waals surface area contributed by atoms with Crippen molar-refractivity contribution in [3.63, 3.8) is 0 Å². The number of aliphatic carboxylic acids is 1. The highest BCUT2D eigenvalue weighted by molar-refractivity contribution is 7.08. The van der Waals surface area contributed by atoms with E-state index in [4.69, 9.17) is 5.11 Å². The van der Waals surface area contributed by atoms with E-state index < -0.39 is 43.0 Å². The number of thiophene rings is 1.